The van der Waals surface area contributed by atoms with Gasteiger partial charge in [0.1, 0.15) is 18.5 Å². The van der Waals surface area contributed by atoms with Gasteiger partial charge in [-0.25, -0.2) is 0 Å². The van der Waals surface area contributed by atoms with Crippen molar-refractivity contribution in [2.45, 2.75) is 39.1 Å². The first-order valence-electron chi connectivity index (χ1n) is 10.1. The molecule has 1 heterocycles. The van der Waals surface area contributed by atoms with E-state index in [0.717, 1.165) is 34.5 Å². The Hall–Kier alpha value is -3.27. The zero-order valence-corrected chi connectivity index (χ0v) is 16.8. The van der Waals surface area contributed by atoms with E-state index in [4.69, 9.17) is 4.74 Å². The van der Waals surface area contributed by atoms with Crippen molar-refractivity contribution in [3.63, 3.8) is 0 Å². The number of fused-ring (bicyclic) bond motifs is 1. The second-order valence-corrected chi connectivity index (χ2v) is 7.41. The average molecular weight is 386 g/mol. The molecule has 3 aromatic rings. The molecule has 2 atom stereocenters. The number of hydrogen-bond donors (Lipinski definition) is 1. The number of carbonyl (C=O) groups is 1. The molecule has 0 aromatic heterocycles. The quantitative estimate of drug-likeness (QED) is 0.597. The maximum absolute atomic E-state index is 13.2. The van der Waals surface area contributed by atoms with E-state index in [1.165, 1.54) is 0 Å². The highest BCUT2D eigenvalue weighted by Gasteiger charge is 2.35. The second-order valence-electron chi connectivity index (χ2n) is 7.41. The third kappa shape index (κ3) is 3.97. The van der Waals surface area contributed by atoms with Crippen LogP contribution in [0.15, 0.2) is 78.9 Å². The number of hydrogen-bond acceptors (Lipinski definition) is 3. The van der Waals surface area contributed by atoms with Crippen LogP contribution in [0.5, 0.6) is 5.75 Å². The summed E-state index contributed by atoms with van der Waals surface area (Å²) < 4.78 is 5.91. The van der Waals surface area contributed by atoms with Gasteiger partial charge in [-0.1, -0.05) is 61.5 Å². The van der Waals surface area contributed by atoms with E-state index in [0.29, 0.717) is 6.61 Å². The molecule has 0 spiro atoms. The molecule has 1 amide bonds. The normalized spacial score (nSPS) is 16.7. The molecule has 0 radical (unpaired) electrons. The van der Waals surface area contributed by atoms with Crippen molar-refractivity contribution < 1.29 is 9.53 Å². The number of ether oxygens (including phenoxy) is 1. The van der Waals surface area contributed by atoms with E-state index in [2.05, 4.69) is 19.2 Å². The SMILES string of the molecule is CCC(C)N1C(=O)c2ccccc2NC1c1ccc(OCc2ccccc2)cc1. The van der Waals surface area contributed by atoms with Crippen molar-refractivity contribution in [1.29, 1.82) is 0 Å². The standard InChI is InChI=1S/C25H26N2O2/c1-3-18(2)27-24(26-23-12-8-7-11-22(23)25(27)28)20-13-15-21(16-14-20)29-17-19-9-5-4-6-10-19/h4-16,18,24,26H,3,17H2,1-2H3. The highest BCUT2D eigenvalue weighted by molar-refractivity contribution is 6.01. The Morgan fingerprint density at radius 3 is 2.38 bits per heavy atom. The van der Waals surface area contributed by atoms with Gasteiger partial charge in [-0.15, -0.1) is 0 Å². The summed E-state index contributed by atoms with van der Waals surface area (Å²) in [5, 5.41) is 3.55. The molecule has 4 rings (SSSR count). The molecule has 0 saturated carbocycles. The second kappa shape index (κ2) is 8.39. The Balaban J connectivity index is 1.56. The molecule has 2 unspecified atom stereocenters. The van der Waals surface area contributed by atoms with E-state index in [-0.39, 0.29) is 18.1 Å². The molecular formula is C25H26N2O2. The smallest absolute Gasteiger partial charge is 0.258 e. The third-order valence-corrected chi connectivity index (χ3v) is 5.47. The Bertz CT molecular complexity index is 970. The molecule has 1 aliphatic heterocycles. The minimum absolute atomic E-state index is 0.0723. The summed E-state index contributed by atoms with van der Waals surface area (Å²) in [6, 6.07) is 26.0. The summed E-state index contributed by atoms with van der Waals surface area (Å²) in [6.45, 7) is 4.74. The summed E-state index contributed by atoms with van der Waals surface area (Å²) >= 11 is 0. The van der Waals surface area contributed by atoms with Crippen molar-refractivity contribution in [1.82, 2.24) is 4.90 Å². The van der Waals surface area contributed by atoms with Gasteiger partial charge >= 0.3 is 0 Å². The van der Waals surface area contributed by atoms with Crippen molar-refractivity contribution in [2.24, 2.45) is 0 Å². The lowest BCUT2D eigenvalue weighted by Crippen LogP contribution is -2.47. The molecule has 29 heavy (non-hydrogen) atoms. The molecular weight excluding hydrogens is 360 g/mol. The minimum atomic E-state index is -0.199. The summed E-state index contributed by atoms with van der Waals surface area (Å²) in [5.74, 6) is 0.887. The van der Waals surface area contributed by atoms with E-state index in [1.807, 2.05) is 83.8 Å². The molecule has 0 fully saturated rings. The van der Waals surface area contributed by atoms with Crippen LogP contribution in [0.2, 0.25) is 0 Å². The van der Waals surface area contributed by atoms with Crippen LogP contribution in [0, 0.1) is 0 Å². The van der Waals surface area contributed by atoms with Gasteiger partial charge in [0.15, 0.2) is 0 Å². The van der Waals surface area contributed by atoms with Crippen molar-refractivity contribution >= 4 is 11.6 Å². The summed E-state index contributed by atoms with van der Waals surface area (Å²) in [7, 11) is 0. The fourth-order valence-electron chi connectivity index (χ4n) is 3.65. The first-order valence-corrected chi connectivity index (χ1v) is 10.1. The maximum atomic E-state index is 13.2. The van der Waals surface area contributed by atoms with Gasteiger partial charge in [-0.05, 0) is 48.7 Å². The number of carbonyl (C=O) groups excluding carboxylic acids is 1. The van der Waals surface area contributed by atoms with Crippen LogP contribution >= 0.6 is 0 Å². The van der Waals surface area contributed by atoms with Crippen LogP contribution in [-0.2, 0) is 6.61 Å². The zero-order valence-electron chi connectivity index (χ0n) is 16.8. The van der Waals surface area contributed by atoms with Crippen LogP contribution in [0.4, 0.5) is 5.69 Å². The number of rotatable bonds is 6. The number of amides is 1. The topological polar surface area (TPSA) is 41.6 Å². The Kier molecular flexibility index (Phi) is 5.52. The third-order valence-electron chi connectivity index (χ3n) is 5.47. The molecule has 148 valence electrons. The number of anilines is 1. The Morgan fingerprint density at radius 1 is 0.966 bits per heavy atom. The number of nitrogens with one attached hydrogen (secondary N) is 1. The van der Waals surface area contributed by atoms with Crippen molar-refractivity contribution in [2.75, 3.05) is 5.32 Å². The van der Waals surface area contributed by atoms with Crippen LogP contribution in [-0.4, -0.2) is 16.8 Å². The summed E-state index contributed by atoms with van der Waals surface area (Å²) in [6.07, 6.45) is 0.695. The van der Waals surface area contributed by atoms with Crippen molar-refractivity contribution in [3.8, 4) is 5.75 Å². The highest BCUT2D eigenvalue weighted by atomic mass is 16.5. The monoisotopic (exact) mass is 386 g/mol. The van der Waals surface area contributed by atoms with E-state index >= 15 is 0 Å². The zero-order chi connectivity index (χ0) is 20.2. The lowest BCUT2D eigenvalue weighted by atomic mass is 10.0. The summed E-state index contributed by atoms with van der Waals surface area (Å²) in [5.41, 5.74) is 3.79. The van der Waals surface area contributed by atoms with Crippen molar-refractivity contribution in [3.05, 3.63) is 95.6 Å². The Labute approximate surface area is 172 Å². The molecule has 4 heteroatoms. The predicted octanol–water partition coefficient (Wildman–Crippen LogP) is 5.63. The number of benzene rings is 3. The Morgan fingerprint density at radius 2 is 1.66 bits per heavy atom. The fourth-order valence-corrected chi connectivity index (χ4v) is 3.65. The molecule has 4 nitrogen and oxygen atoms in total. The lowest BCUT2D eigenvalue weighted by molar-refractivity contribution is 0.0593. The lowest BCUT2D eigenvalue weighted by Gasteiger charge is -2.41. The first kappa shape index (κ1) is 19.1. The van der Waals surface area contributed by atoms with Gasteiger partial charge in [0.05, 0.1) is 5.56 Å². The van der Waals surface area contributed by atoms with Crippen LogP contribution < -0.4 is 10.1 Å². The van der Waals surface area contributed by atoms with Crippen LogP contribution in [0.25, 0.3) is 0 Å². The maximum Gasteiger partial charge on any atom is 0.258 e. The molecule has 0 bridgehead atoms. The van der Waals surface area contributed by atoms with Crippen LogP contribution in [0.1, 0.15) is 47.9 Å². The molecule has 3 aromatic carbocycles. The van der Waals surface area contributed by atoms with Gasteiger partial charge in [-0.2, -0.15) is 0 Å². The first-order chi connectivity index (χ1) is 14.2. The van der Waals surface area contributed by atoms with E-state index < -0.39 is 0 Å². The van der Waals surface area contributed by atoms with Gasteiger partial charge in [0, 0.05) is 11.7 Å². The molecule has 0 aliphatic carbocycles. The van der Waals surface area contributed by atoms with Gasteiger partial charge in [0.2, 0.25) is 0 Å². The molecule has 1 N–H and O–H groups in total. The predicted molar refractivity (Wildman–Crippen MR) is 116 cm³/mol. The largest absolute Gasteiger partial charge is 0.489 e. The van der Waals surface area contributed by atoms with Crippen LogP contribution in [0.3, 0.4) is 0 Å². The number of nitrogens with zero attached hydrogens (tertiary/aromatic N) is 1. The van der Waals surface area contributed by atoms with E-state index in [1.54, 1.807) is 0 Å². The van der Waals surface area contributed by atoms with Gasteiger partial charge in [0.25, 0.3) is 5.91 Å². The van der Waals surface area contributed by atoms with Gasteiger partial charge in [-0.3, -0.25) is 4.79 Å². The fraction of sp³-hybridized carbons (Fsp3) is 0.240. The number of para-hydroxylation sites is 1. The van der Waals surface area contributed by atoms with Gasteiger partial charge < -0.3 is 15.0 Å². The minimum Gasteiger partial charge on any atom is -0.489 e. The highest BCUT2D eigenvalue weighted by Crippen LogP contribution is 2.35. The molecule has 0 saturated heterocycles. The average Bonchev–Trinajstić information content (AvgIpc) is 2.78. The van der Waals surface area contributed by atoms with E-state index in [9.17, 15) is 4.79 Å². The summed E-state index contributed by atoms with van der Waals surface area (Å²) in [4.78, 5) is 15.1. The molecule has 1 aliphatic rings.